The molecular formula is C14H14N2O8. The molecule has 2 aliphatic heterocycles. The normalized spacial score (nSPS) is 15.6. The van der Waals surface area contributed by atoms with Gasteiger partial charge in [0.25, 0.3) is 23.6 Å². The SMILES string of the molecule is CCOC(=O)N1C(=O)C=CC1=O.CCOC(=O)N1C(=O)C=CC1=O. The van der Waals surface area contributed by atoms with Gasteiger partial charge in [0.05, 0.1) is 13.2 Å². The first-order valence-corrected chi connectivity index (χ1v) is 6.79. The molecule has 0 unspecified atom stereocenters. The fourth-order valence-corrected chi connectivity index (χ4v) is 1.54. The van der Waals surface area contributed by atoms with E-state index in [2.05, 4.69) is 9.47 Å². The highest BCUT2D eigenvalue weighted by Crippen LogP contribution is 2.06. The number of rotatable bonds is 2. The number of amides is 6. The van der Waals surface area contributed by atoms with Crippen LogP contribution in [-0.4, -0.2) is 58.8 Å². The van der Waals surface area contributed by atoms with Gasteiger partial charge in [-0.2, -0.15) is 9.80 Å². The molecule has 128 valence electrons. The maximum Gasteiger partial charge on any atom is 0.424 e. The average molecular weight is 338 g/mol. The molecule has 0 radical (unpaired) electrons. The zero-order valence-corrected chi connectivity index (χ0v) is 12.9. The molecule has 0 bridgehead atoms. The Morgan fingerprint density at radius 2 is 0.958 bits per heavy atom. The largest absolute Gasteiger partial charge is 0.449 e. The molecule has 6 amide bonds. The number of hydrogen-bond donors (Lipinski definition) is 0. The summed E-state index contributed by atoms with van der Waals surface area (Å²) in [6, 6.07) is 0. The predicted molar refractivity (Wildman–Crippen MR) is 76.0 cm³/mol. The van der Waals surface area contributed by atoms with Crippen molar-refractivity contribution in [1.29, 1.82) is 0 Å². The van der Waals surface area contributed by atoms with E-state index >= 15 is 0 Å². The molecule has 10 heteroatoms. The number of carbonyl (C=O) groups excluding carboxylic acids is 6. The Morgan fingerprint density at radius 3 is 1.17 bits per heavy atom. The van der Waals surface area contributed by atoms with Crippen molar-refractivity contribution in [3.05, 3.63) is 24.3 Å². The Bertz CT molecular complexity index is 557. The molecule has 24 heavy (non-hydrogen) atoms. The molecule has 2 aliphatic rings. The first-order chi connectivity index (χ1) is 11.3. The zero-order chi connectivity index (χ0) is 18.3. The number of hydrogen-bond acceptors (Lipinski definition) is 8. The van der Waals surface area contributed by atoms with Gasteiger partial charge in [0, 0.05) is 24.3 Å². The van der Waals surface area contributed by atoms with E-state index in [4.69, 9.17) is 0 Å². The second-order valence-corrected chi connectivity index (χ2v) is 4.09. The van der Waals surface area contributed by atoms with Crippen molar-refractivity contribution in [3.8, 4) is 0 Å². The summed E-state index contributed by atoms with van der Waals surface area (Å²) in [7, 11) is 0. The highest BCUT2D eigenvalue weighted by Gasteiger charge is 2.31. The van der Waals surface area contributed by atoms with E-state index in [1.165, 1.54) is 0 Å². The molecule has 2 rings (SSSR count). The third kappa shape index (κ3) is 4.35. The molecule has 0 aromatic carbocycles. The first kappa shape index (κ1) is 18.7. The van der Waals surface area contributed by atoms with Crippen molar-refractivity contribution in [2.45, 2.75) is 13.8 Å². The van der Waals surface area contributed by atoms with E-state index in [-0.39, 0.29) is 13.2 Å². The van der Waals surface area contributed by atoms with Crippen molar-refractivity contribution >= 4 is 35.8 Å². The van der Waals surface area contributed by atoms with Gasteiger partial charge < -0.3 is 9.47 Å². The van der Waals surface area contributed by atoms with E-state index in [1.807, 2.05) is 0 Å². The smallest absolute Gasteiger partial charge is 0.424 e. The van der Waals surface area contributed by atoms with E-state index in [9.17, 15) is 28.8 Å². The Labute approximate surface area is 136 Å². The first-order valence-electron chi connectivity index (χ1n) is 6.79. The van der Waals surface area contributed by atoms with Gasteiger partial charge >= 0.3 is 12.2 Å². The van der Waals surface area contributed by atoms with E-state index in [0.29, 0.717) is 9.80 Å². The molecule has 0 aromatic rings. The number of ether oxygens (including phenoxy) is 2. The summed E-state index contributed by atoms with van der Waals surface area (Å²) in [6.07, 6.45) is 2.27. The standard InChI is InChI=1S/2C7H7NO4/c2*1-2-12-7(11)8-5(9)3-4-6(8)10/h2*3-4H,2H2,1H3. The van der Waals surface area contributed by atoms with Crippen molar-refractivity contribution in [2.75, 3.05) is 13.2 Å². The zero-order valence-electron chi connectivity index (χ0n) is 12.9. The van der Waals surface area contributed by atoms with Crippen LogP contribution in [0.4, 0.5) is 9.59 Å². The highest BCUT2D eigenvalue weighted by atomic mass is 16.6. The van der Waals surface area contributed by atoms with Gasteiger partial charge in [-0.15, -0.1) is 0 Å². The minimum atomic E-state index is -0.919. The lowest BCUT2D eigenvalue weighted by atomic mass is 10.6. The lowest BCUT2D eigenvalue weighted by Gasteiger charge is -2.09. The van der Waals surface area contributed by atoms with Crippen LogP contribution >= 0.6 is 0 Å². The quantitative estimate of drug-likeness (QED) is 0.650. The number of carbonyl (C=O) groups is 6. The monoisotopic (exact) mass is 338 g/mol. The summed E-state index contributed by atoms with van der Waals surface area (Å²) < 4.78 is 8.94. The molecule has 0 aliphatic carbocycles. The minimum absolute atomic E-state index is 0.135. The second kappa shape index (κ2) is 8.36. The Morgan fingerprint density at radius 1 is 0.708 bits per heavy atom. The minimum Gasteiger partial charge on any atom is -0.449 e. The van der Waals surface area contributed by atoms with Gasteiger partial charge in [-0.3, -0.25) is 19.2 Å². The van der Waals surface area contributed by atoms with Crippen molar-refractivity contribution < 1.29 is 38.2 Å². The van der Waals surface area contributed by atoms with Gasteiger partial charge in [-0.05, 0) is 13.8 Å². The maximum absolute atomic E-state index is 10.9. The third-order valence-electron chi connectivity index (χ3n) is 2.52. The molecule has 2 heterocycles. The molecule has 0 atom stereocenters. The van der Waals surface area contributed by atoms with Gasteiger partial charge in [-0.25, -0.2) is 9.59 Å². The van der Waals surface area contributed by atoms with Gasteiger partial charge in [0.2, 0.25) is 0 Å². The van der Waals surface area contributed by atoms with Crippen molar-refractivity contribution in [3.63, 3.8) is 0 Å². The van der Waals surface area contributed by atoms with Crippen LogP contribution in [0.5, 0.6) is 0 Å². The maximum atomic E-state index is 10.9. The van der Waals surface area contributed by atoms with Crippen molar-refractivity contribution in [2.24, 2.45) is 0 Å². The molecule has 0 fully saturated rings. The van der Waals surface area contributed by atoms with Crippen LogP contribution in [0.2, 0.25) is 0 Å². The second-order valence-electron chi connectivity index (χ2n) is 4.09. The fraction of sp³-hybridized carbons (Fsp3) is 0.286. The van der Waals surface area contributed by atoms with Crippen LogP contribution in [0.25, 0.3) is 0 Å². The van der Waals surface area contributed by atoms with Crippen LogP contribution in [-0.2, 0) is 28.7 Å². The van der Waals surface area contributed by atoms with Crippen LogP contribution in [0.15, 0.2) is 24.3 Å². The van der Waals surface area contributed by atoms with Crippen LogP contribution < -0.4 is 0 Å². The summed E-state index contributed by atoms with van der Waals surface area (Å²) in [6.45, 7) is 3.46. The predicted octanol–water partition coefficient (Wildman–Crippen LogP) is 0.136. The van der Waals surface area contributed by atoms with Gasteiger partial charge in [-0.1, -0.05) is 0 Å². The van der Waals surface area contributed by atoms with E-state index in [1.54, 1.807) is 13.8 Å². The molecule has 10 nitrogen and oxygen atoms in total. The van der Waals surface area contributed by atoms with Crippen LogP contribution in [0.3, 0.4) is 0 Å². The lowest BCUT2D eigenvalue weighted by molar-refractivity contribution is -0.136. The number of nitrogens with zero attached hydrogens (tertiary/aromatic N) is 2. The lowest BCUT2D eigenvalue weighted by Crippen LogP contribution is -2.36. The van der Waals surface area contributed by atoms with Crippen LogP contribution in [0, 0.1) is 0 Å². The number of imide groups is 6. The van der Waals surface area contributed by atoms with E-state index < -0.39 is 35.8 Å². The molecule has 0 spiro atoms. The summed E-state index contributed by atoms with van der Waals surface area (Å²) in [5.74, 6) is -2.62. The Hall–Kier alpha value is -3.30. The Kier molecular flexibility index (Phi) is 6.53. The molecule has 0 N–H and O–H groups in total. The molecule has 0 saturated heterocycles. The molecule has 0 saturated carbocycles. The van der Waals surface area contributed by atoms with Gasteiger partial charge in [0.1, 0.15) is 0 Å². The summed E-state index contributed by atoms with van der Waals surface area (Å²) >= 11 is 0. The van der Waals surface area contributed by atoms with Gasteiger partial charge in [0.15, 0.2) is 0 Å². The topological polar surface area (TPSA) is 127 Å². The van der Waals surface area contributed by atoms with Crippen molar-refractivity contribution in [1.82, 2.24) is 9.80 Å². The summed E-state index contributed by atoms with van der Waals surface area (Å²) in [4.78, 5) is 65.9. The third-order valence-corrected chi connectivity index (χ3v) is 2.52. The molecular weight excluding hydrogens is 324 g/mol. The Balaban J connectivity index is 0.000000240. The summed E-state index contributed by atoms with van der Waals surface area (Å²) in [5.41, 5.74) is 0. The summed E-state index contributed by atoms with van der Waals surface area (Å²) in [5, 5.41) is 0. The van der Waals surface area contributed by atoms with Crippen LogP contribution in [0.1, 0.15) is 13.8 Å². The highest BCUT2D eigenvalue weighted by molar-refractivity contribution is 6.22. The average Bonchev–Trinajstić information content (AvgIpc) is 3.02. The molecule has 0 aromatic heterocycles. The van der Waals surface area contributed by atoms with E-state index in [0.717, 1.165) is 24.3 Å². The fourth-order valence-electron chi connectivity index (χ4n) is 1.54.